The second kappa shape index (κ2) is 7.11. The number of hydrogen-bond donors (Lipinski definition) is 2. The number of rotatable bonds is 7. The topological polar surface area (TPSA) is 75.2 Å². The third kappa shape index (κ3) is 3.97. The van der Waals surface area contributed by atoms with Crippen LogP contribution in [0.4, 0.5) is 0 Å². The summed E-state index contributed by atoms with van der Waals surface area (Å²) in [6.07, 6.45) is 4.05. The number of carbonyl (C=O) groups is 1. The van der Waals surface area contributed by atoms with Crippen LogP contribution < -0.4 is 0 Å². The Balaban J connectivity index is 1.83. The molecule has 0 bridgehead atoms. The van der Waals surface area contributed by atoms with E-state index in [0.29, 0.717) is 18.5 Å². The number of imidazole rings is 1. The molecule has 2 rings (SSSR count). The molecule has 0 saturated carbocycles. The highest BCUT2D eigenvalue weighted by Gasteiger charge is 2.09. The SMILES string of the molecule is CCOC(=O)CCCCCc1nc2c(O)ccc(C)c2[nH]1. The zero-order valence-corrected chi connectivity index (χ0v) is 12.6. The first-order valence-electron chi connectivity index (χ1n) is 7.44. The van der Waals surface area contributed by atoms with Crippen LogP contribution in [0.1, 0.15) is 44.0 Å². The van der Waals surface area contributed by atoms with E-state index in [1.54, 1.807) is 6.07 Å². The molecular formula is C16H22N2O3. The molecule has 2 aromatic rings. The lowest BCUT2D eigenvalue weighted by Gasteiger charge is -2.01. The fraction of sp³-hybridized carbons (Fsp3) is 0.500. The van der Waals surface area contributed by atoms with E-state index in [2.05, 4.69) is 9.97 Å². The molecule has 0 unspecified atom stereocenters. The van der Waals surface area contributed by atoms with Crippen molar-refractivity contribution in [3.05, 3.63) is 23.5 Å². The van der Waals surface area contributed by atoms with Crippen LogP contribution >= 0.6 is 0 Å². The fourth-order valence-corrected chi connectivity index (χ4v) is 2.35. The zero-order valence-electron chi connectivity index (χ0n) is 12.6. The maximum absolute atomic E-state index is 11.2. The van der Waals surface area contributed by atoms with Gasteiger partial charge in [-0.2, -0.15) is 0 Å². The second-order valence-corrected chi connectivity index (χ2v) is 5.17. The molecule has 0 spiro atoms. The average Bonchev–Trinajstić information content (AvgIpc) is 2.88. The molecule has 114 valence electrons. The third-order valence-electron chi connectivity index (χ3n) is 3.48. The molecule has 1 aromatic carbocycles. The van der Waals surface area contributed by atoms with Crippen molar-refractivity contribution in [1.82, 2.24) is 9.97 Å². The van der Waals surface area contributed by atoms with Crippen molar-refractivity contribution in [2.75, 3.05) is 6.61 Å². The number of aromatic nitrogens is 2. The lowest BCUT2D eigenvalue weighted by Crippen LogP contribution is -2.03. The maximum atomic E-state index is 11.2. The number of unbranched alkanes of at least 4 members (excludes halogenated alkanes) is 2. The molecule has 5 nitrogen and oxygen atoms in total. The van der Waals surface area contributed by atoms with Crippen molar-refractivity contribution < 1.29 is 14.6 Å². The van der Waals surface area contributed by atoms with Gasteiger partial charge in [0.15, 0.2) is 0 Å². The molecule has 21 heavy (non-hydrogen) atoms. The Kier molecular flexibility index (Phi) is 5.20. The van der Waals surface area contributed by atoms with Gasteiger partial charge in [0.1, 0.15) is 17.1 Å². The number of nitrogens with one attached hydrogen (secondary N) is 1. The van der Waals surface area contributed by atoms with E-state index in [9.17, 15) is 9.90 Å². The minimum Gasteiger partial charge on any atom is -0.506 e. The van der Waals surface area contributed by atoms with Gasteiger partial charge in [-0.15, -0.1) is 0 Å². The van der Waals surface area contributed by atoms with E-state index < -0.39 is 0 Å². The minimum absolute atomic E-state index is 0.123. The number of esters is 1. The number of phenolic OH excluding ortho intramolecular Hbond substituents is 1. The van der Waals surface area contributed by atoms with Crippen molar-refractivity contribution in [1.29, 1.82) is 0 Å². The molecule has 0 radical (unpaired) electrons. The molecule has 2 N–H and O–H groups in total. The Morgan fingerprint density at radius 2 is 2.14 bits per heavy atom. The zero-order chi connectivity index (χ0) is 15.2. The van der Waals surface area contributed by atoms with Crippen molar-refractivity contribution >= 4 is 17.0 Å². The van der Waals surface area contributed by atoms with Crippen molar-refractivity contribution in [2.24, 2.45) is 0 Å². The number of ether oxygens (including phenoxy) is 1. The van der Waals surface area contributed by atoms with Gasteiger partial charge < -0.3 is 14.8 Å². The normalized spacial score (nSPS) is 11.0. The Labute approximate surface area is 124 Å². The highest BCUT2D eigenvalue weighted by atomic mass is 16.5. The molecule has 5 heteroatoms. The fourth-order valence-electron chi connectivity index (χ4n) is 2.35. The molecule has 0 fully saturated rings. The van der Waals surface area contributed by atoms with E-state index in [0.717, 1.165) is 42.6 Å². The number of fused-ring (bicyclic) bond motifs is 1. The van der Waals surface area contributed by atoms with Crippen LogP contribution in [0.25, 0.3) is 11.0 Å². The Morgan fingerprint density at radius 3 is 2.86 bits per heavy atom. The number of benzene rings is 1. The summed E-state index contributed by atoms with van der Waals surface area (Å²) in [4.78, 5) is 18.9. The van der Waals surface area contributed by atoms with Crippen LogP contribution in [0.3, 0.4) is 0 Å². The monoisotopic (exact) mass is 290 g/mol. The summed E-state index contributed by atoms with van der Waals surface area (Å²) in [5.41, 5.74) is 2.61. The standard InChI is InChI=1S/C16H22N2O3/c1-3-21-14(20)8-6-4-5-7-13-17-15-11(2)9-10-12(19)16(15)18-13/h9-10,19H,3-8H2,1-2H3,(H,17,18). The van der Waals surface area contributed by atoms with Crippen LogP contribution in [-0.2, 0) is 16.0 Å². The molecule has 0 atom stereocenters. The van der Waals surface area contributed by atoms with Gasteiger partial charge in [-0.1, -0.05) is 12.5 Å². The first-order valence-corrected chi connectivity index (χ1v) is 7.44. The molecule has 1 heterocycles. The Bertz CT molecular complexity index is 580. The predicted molar refractivity (Wildman–Crippen MR) is 81.3 cm³/mol. The molecular weight excluding hydrogens is 268 g/mol. The first kappa shape index (κ1) is 15.4. The smallest absolute Gasteiger partial charge is 0.305 e. The van der Waals surface area contributed by atoms with Gasteiger partial charge in [0.25, 0.3) is 0 Å². The lowest BCUT2D eigenvalue weighted by atomic mass is 10.1. The third-order valence-corrected chi connectivity index (χ3v) is 3.48. The summed E-state index contributed by atoms with van der Waals surface area (Å²) in [5, 5.41) is 9.80. The largest absolute Gasteiger partial charge is 0.506 e. The Hall–Kier alpha value is -2.04. The second-order valence-electron chi connectivity index (χ2n) is 5.17. The molecule has 0 saturated heterocycles. The number of carbonyl (C=O) groups excluding carboxylic acids is 1. The van der Waals surface area contributed by atoms with Crippen LogP contribution in [0.5, 0.6) is 5.75 Å². The first-order chi connectivity index (χ1) is 10.1. The lowest BCUT2D eigenvalue weighted by molar-refractivity contribution is -0.143. The summed E-state index contributed by atoms with van der Waals surface area (Å²) >= 11 is 0. The van der Waals surface area contributed by atoms with Gasteiger partial charge in [0.05, 0.1) is 12.1 Å². The number of aromatic amines is 1. The van der Waals surface area contributed by atoms with E-state index in [1.807, 2.05) is 19.9 Å². The number of hydrogen-bond acceptors (Lipinski definition) is 4. The van der Waals surface area contributed by atoms with E-state index >= 15 is 0 Å². The van der Waals surface area contributed by atoms with Gasteiger partial charge in [0, 0.05) is 12.8 Å². The number of aromatic hydroxyl groups is 1. The molecule has 0 aliphatic heterocycles. The minimum atomic E-state index is -0.123. The molecule has 0 aliphatic carbocycles. The van der Waals surface area contributed by atoms with Crippen molar-refractivity contribution in [3.63, 3.8) is 0 Å². The van der Waals surface area contributed by atoms with Crippen LogP contribution in [0, 0.1) is 6.92 Å². The highest BCUT2D eigenvalue weighted by molar-refractivity contribution is 5.84. The number of H-pyrrole nitrogens is 1. The van der Waals surface area contributed by atoms with Gasteiger partial charge in [-0.3, -0.25) is 4.79 Å². The predicted octanol–water partition coefficient (Wildman–Crippen LogP) is 3.24. The number of phenols is 1. The molecule has 0 amide bonds. The molecule has 1 aromatic heterocycles. The van der Waals surface area contributed by atoms with Crippen molar-refractivity contribution in [3.8, 4) is 5.75 Å². The van der Waals surface area contributed by atoms with Gasteiger partial charge in [-0.05, 0) is 38.3 Å². The number of aryl methyl sites for hydroxylation is 2. The summed E-state index contributed by atoms with van der Waals surface area (Å²) in [7, 11) is 0. The molecule has 0 aliphatic rings. The van der Waals surface area contributed by atoms with Gasteiger partial charge >= 0.3 is 5.97 Å². The summed E-state index contributed by atoms with van der Waals surface area (Å²) in [5.74, 6) is 0.966. The van der Waals surface area contributed by atoms with Crippen LogP contribution in [0.2, 0.25) is 0 Å². The highest BCUT2D eigenvalue weighted by Crippen LogP contribution is 2.25. The quantitative estimate of drug-likeness (QED) is 0.606. The summed E-state index contributed by atoms with van der Waals surface area (Å²) in [6.45, 7) is 4.25. The Morgan fingerprint density at radius 1 is 1.33 bits per heavy atom. The number of nitrogens with zero attached hydrogens (tertiary/aromatic N) is 1. The van der Waals surface area contributed by atoms with Gasteiger partial charge in [0.2, 0.25) is 0 Å². The van der Waals surface area contributed by atoms with Crippen molar-refractivity contribution in [2.45, 2.75) is 46.0 Å². The van der Waals surface area contributed by atoms with Crippen LogP contribution in [0.15, 0.2) is 12.1 Å². The van der Waals surface area contributed by atoms with Gasteiger partial charge in [-0.25, -0.2) is 4.98 Å². The van der Waals surface area contributed by atoms with E-state index in [-0.39, 0.29) is 11.7 Å². The summed E-state index contributed by atoms with van der Waals surface area (Å²) < 4.78 is 4.89. The van der Waals surface area contributed by atoms with E-state index in [4.69, 9.17) is 4.74 Å². The van der Waals surface area contributed by atoms with E-state index in [1.165, 1.54) is 0 Å². The average molecular weight is 290 g/mol. The summed E-state index contributed by atoms with van der Waals surface area (Å²) in [6, 6.07) is 3.54. The maximum Gasteiger partial charge on any atom is 0.305 e. The van der Waals surface area contributed by atoms with Crippen LogP contribution in [-0.4, -0.2) is 27.7 Å².